The topological polar surface area (TPSA) is 69.6 Å². The molecule has 7 nitrogen and oxygen atoms in total. The third-order valence-electron chi connectivity index (χ3n) is 5.84. The zero-order valence-electron chi connectivity index (χ0n) is 15.5. The predicted molar refractivity (Wildman–Crippen MR) is 96.4 cm³/mol. The molecule has 3 aliphatic heterocycles. The highest BCUT2D eigenvalue weighted by Crippen LogP contribution is 2.26. The second-order valence-electron chi connectivity index (χ2n) is 7.70. The Morgan fingerprint density at radius 3 is 2.73 bits per heavy atom. The Balaban J connectivity index is 1.41. The number of aromatic nitrogens is 2. The normalized spacial score (nSPS) is 23.3. The van der Waals surface area contributed by atoms with E-state index in [1.165, 1.54) is 0 Å². The maximum Gasteiger partial charge on any atom is 0.236 e. The lowest BCUT2D eigenvalue weighted by Crippen LogP contribution is -2.48. The fourth-order valence-corrected chi connectivity index (χ4v) is 4.06. The van der Waals surface area contributed by atoms with Crippen LogP contribution in [0.5, 0.6) is 0 Å². The molecule has 3 aliphatic rings. The van der Waals surface area contributed by atoms with Crippen LogP contribution in [0.15, 0.2) is 6.20 Å². The number of carbonyl (C=O) groups is 2. The summed E-state index contributed by atoms with van der Waals surface area (Å²) in [5.41, 5.74) is 2.15. The molecular weight excluding hydrogens is 330 g/mol. The van der Waals surface area contributed by atoms with Gasteiger partial charge in [-0.3, -0.25) is 14.5 Å². The van der Waals surface area contributed by atoms with Crippen molar-refractivity contribution in [1.29, 1.82) is 0 Å². The summed E-state index contributed by atoms with van der Waals surface area (Å²) in [6.07, 6.45) is 5.99. The minimum Gasteiger partial charge on any atom is -0.341 e. The van der Waals surface area contributed by atoms with E-state index < -0.39 is 0 Å². The van der Waals surface area contributed by atoms with Gasteiger partial charge < -0.3 is 9.80 Å². The van der Waals surface area contributed by atoms with Gasteiger partial charge in [-0.05, 0) is 25.8 Å². The Labute approximate surface area is 154 Å². The molecule has 140 valence electrons. The van der Waals surface area contributed by atoms with E-state index in [2.05, 4.69) is 9.88 Å². The summed E-state index contributed by atoms with van der Waals surface area (Å²) in [5.74, 6) is 1.56. The number of piperidine rings is 1. The lowest BCUT2D eigenvalue weighted by atomic mass is 9.96. The number of hydrogen-bond donors (Lipinski definition) is 0. The minimum atomic E-state index is 0.106. The van der Waals surface area contributed by atoms with Gasteiger partial charge in [-0.25, -0.2) is 9.97 Å². The third-order valence-corrected chi connectivity index (χ3v) is 5.84. The molecule has 7 heteroatoms. The van der Waals surface area contributed by atoms with Crippen molar-refractivity contribution < 1.29 is 9.59 Å². The Morgan fingerprint density at radius 2 is 2.00 bits per heavy atom. The highest BCUT2D eigenvalue weighted by Gasteiger charge is 2.29. The van der Waals surface area contributed by atoms with Crippen LogP contribution in [-0.2, 0) is 22.6 Å². The fraction of sp³-hybridized carbons (Fsp3) is 0.684. The lowest BCUT2D eigenvalue weighted by Gasteiger charge is -2.36. The minimum absolute atomic E-state index is 0.106. The van der Waals surface area contributed by atoms with Crippen molar-refractivity contribution in [1.82, 2.24) is 24.7 Å². The molecular formula is C19H27N5O2. The number of fused-ring (bicyclic) bond motifs is 1. The highest BCUT2D eigenvalue weighted by atomic mass is 16.2. The van der Waals surface area contributed by atoms with Crippen LogP contribution in [0.25, 0.3) is 0 Å². The summed E-state index contributed by atoms with van der Waals surface area (Å²) < 4.78 is 0. The molecule has 0 bridgehead atoms. The van der Waals surface area contributed by atoms with Gasteiger partial charge in [-0.2, -0.15) is 0 Å². The molecule has 0 saturated carbocycles. The van der Waals surface area contributed by atoms with Crippen LogP contribution >= 0.6 is 0 Å². The van der Waals surface area contributed by atoms with Crippen LogP contribution in [0.1, 0.15) is 49.2 Å². The zero-order valence-corrected chi connectivity index (χ0v) is 15.5. The number of amides is 2. The van der Waals surface area contributed by atoms with Gasteiger partial charge in [-0.1, -0.05) is 0 Å². The molecule has 1 unspecified atom stereocenters. The molecule has 0 radical (unpaired) electrons. The molecule has 0 aliphatic carbocycles. The molecule has 1 aromatic rings. The summed E-state index contributed by atoms with van der Waals surface area (Å²) >= 11 is 0. The summed E-state index contributed by atoms with van der Waals surface area (Å²) in [5, 5.41) is 0. The van der Waals surface area contributed by atoms with Gasteiger partial charge in [0.15, 0.2) is 0 Å². The number of carbonyl (C=O) groups excluding carboxylic acids is 2. The largest absolute Gasteiger partial charge is 0.341 e. The Bertz CT molecular complexity index is 703. The van der Waals surface area contributed by atoms with Gasteiger partial charge >= 0.3 is 0 Å². The van der Waals surface area contributed by atoms with Gasteiger partial charge in [0.05, 0.1) is 12.2 Å². The maximum absolute atomic E-state index is 12.2. The van der Waals surface area contributed by atoms with Crippen LogP contribution < -0.4 is 0 Å². The summed E-state index contributed by atoms with van der Waals surface area (Å²) in [6.45, 7) is 7.16. The van der Waals surface area contributed by atoms with Crippen molar-refractivity contribution in [3.63, 3.8) is 0 Å². The number of hydrogen-bond acceptors (Lipinski definition) is 5. The quantitative estimate of drug-likeness (QED) is 0.800. The van der Waals surface area contributed by atoms with Crippen LogP contribution in [0.4, 0.5) is 0 Å². The van der Waals surface area contributed by atoms with Gasteiger partial charge in [0.2, 0.25) is 11.8 Å². The SMILES string of the molecule is CC(=O)N1CCc2nc(C3CCCN(CC(=O)N4CCC4)C3)ncc2C1. The molecule has 2 saturated heterocycles. The van der Waals surface area contributed by atoms with Crippen LogP contribution in [0, 0.1) is 0 Å². The van der Waals surface area contributed by atoms with Gasteiger partial charge in [0.1, 0.15) is 5.82 Å². The monoisotopic (exact) mass is 357 g/mol. The fourth-order valence-electron chi connectivity index (χ4n) is 4.06. The molecule has 1 atom stereocenters. The van der Waals surface area contributed by atoms with E-state index in [1.54, 1.807) is 6.92 Å². The molecule has 0 spiro atoms. The van der Waals surface area contributed by atoms with E-state index in [4.69, 9.17) is 4.98 Å². The van der Waals surface area contributed by atoms with Gasteiger partial charge in [-0.15, -0.1) is 0 Å². The third kappa shape index (κ3) is 3.58. The first-order chi connectivity index (χ1) is 12.6. The Hall–Kier alpha value is -2.02. The molecule has 26 heavy (non-hydrogen) atoms. The zero-order chi connectivity index (χ0) is 18.1. The van der Waals surface area contributed by atoms with Crippen molar-refractivity contribution in [3.8, 4) is 0 Å². The standard InChI is InChI=1S/C19H27N5O2/c1-14(25)24-9-5-17-16(12-24)10-20-19(21-17)15-4-2-6-22(11-15)13-18(26)23-7-3-8-23/h10,15H,2-9,11-13H2,1H3. The van der Waals surface area contributed by atoms with E-state index in [0.717, 1.165) is 75.5 Å². The van der Waals surface area contributed by atoms with E-state index in [1.807, 2.05) is 16.0 Å². The molecule has 2 amide bonds. The van der Waals surface area contributed by atoms with E-state index in [-0.39, 0.29) is 11.8 Å². The Kier molecular flexibility index (Phi) is 4.89. The van der Waals surface area contributed by atoms with Gasteiger partial charge in [0.25, 0.3) is 0 Å². The molecule has 2 fully saturated rings. The second kappa shape index (κ2) is 7.31. The first kappa shape index (κ1) is 17.4. The summed E-state index contributed by atoms with van der Waals surface area (Å²) in [4.78, 5) is 39.3. The van der Waals surface area contributed by atoms with Crippen molar-refractivity contribution in [2.24, 2.45) is 0 Å². The first-order valence-corrected chi connectivity index (χ1v) is 9.70. The number of nitrogens with zero attached hydrogens (tertiary/aromatic N) is 5. The average molecular weight is 357 g/mol. The maximum atomic E-state index is 12.2. The van der Waals surface area contributed by atoms with Crippen molar-refractivity contribution in [3.05, 3.63) is 23.3 Å². The smallest absolute Gasteiger partial charge is 0.236 e. The van der Waals surface area contributed by atoms with Crippen LogP contribution in [0.3, 0.4) is 0 Å². The van der Waals surface area contributed by atoms with Crippen LogP contribution in [-0.4, -0.2) is 75.8 Å². The molecule has 4 rings (SSSR count). The number of rotatable bonds is 3. The van der Waals surface area contributed by atoms with Crippen molar-refractivity contribution in [2.45, 2.75) is 45.1 Å². The average Bonchev–Trinajstić information content (AvgIpc) is 2.59. The first-order valence-electron chi connectivity index (χ1n) is 9.70. The van der Waals surface area contributed by atoms with E-state index in [9.17, 15) is 9.59 Å². The van der Waals surface area contributed by atoms with Crippen molar-refractivity contribution in [2.75, 3.05) is 39.3 Å². The lowest BCUT2D eigenvalue weighted by molar-refractivity contribution is -0.136. The predicted octanol–water partition coefficient (Wildman–Crippen LogP) is 0.793. The van der Waals surface area contributed by atoms with E-state index >= 15 is 0 Å². The van der Waals surface area contributed by atoms with Gasteiger partial charge in [0, 0.05) is 63.7 Å². The molecule has 0 aromatic carbocycles. The van der Waals surface area contributed by atoms with Crippen molar-refractivity contribution >= 4 is 11.8 Å². The van der Waals surface area contributed by atoms with Crippen LogP contribution in [0.2, 0.25) is 0 Å². The van der Waals surface area contributed by atoms with E-state index in [0.29, 0.717) is 19.0 Å². The molecule has 0 N–H and O–H groups in total. The Morgan fingerprint density at radius 1 is 1.15 bits per heavy atom. The summed E-state index contributed by atoms with van der Waals surface area (Å²) in [7, 11) is 0. The molecule has 4 heterocycles. The second-order valence-corrected chi connectivity index (χ2v) is 7.70. The highest BCUT2D eigenvalue weighted by molar-refractivity contribution is 5.79. The molecule has 1 aromatic heterocycles. The number of likely N-dealkylation sites (tertiary alicyclic amines) is 2. The summed E-state index contributed by atoms with van der Waals surface area (Å²) in [6, 6.07) is 0.